The van der Waals surface area contributed by atoms with E-state index in [-0.39, 0.29) is 10.7 Å². The molecule has 3 aromatic rings. The van der Waals surface area contributed by atoms with Crippen LogP contribution in [0.15, 0.2) is 70.7 Å². The first-order valence-corrected chi connectivity index (χ1v) is 9.16. The number of hydrogen-bond donors (Lipinski definition) is 0. The molecule has 150 valence electrons. The molecule has 0 unspecified atom stereocenters. The Balaban J connectivity index is 1.60. The van der Waals surface area contributed by atoms with Gasteiger partial charge >= 0.3 is 5.97 Å². The van der Waals surface area contributed by atoms with Gasteiger partial charge in [-0.05, 0) is 54.6 Å². The van der Waals surface area contributed by atoms with Crippen molar-refractivity contribution in [3.8, 4) is 17.1 Å². The molecule has 7 nitrogen and oxygen atoms in total. The molecule has 2 aromatic carbocycles. The standard InChI is InChI=1S/C22H14ClNO6/c1-28-16-5-2-13(3-6-16)21-11-14(22(25)30-21)10-17-7-9-20(29-17)18-8-4-15(24(26)27)12-19(18)23/h2-12H,1H3. The predicted molar refractivity (Wildman–Crippen MR) is 111 cm³/mol. The van der Waals surface area contributed by atoms with Gasteiger partial charge in [0.25, 0.3) is 5.69 Å². The van der Waals surface area contributed by atoms with Crippen molar-refractivity contribution in [3.63, 3.8) is 0 Å². The third-order valence-electron chi connectivity index (χ3n) is 4.45. The van der Waals surface area contributed by atoms with Crippen LogP contribution < -0.4 is 4.74 Å². The molecule has 4 rings (SSSR count). The second-order valence-electron chi connectivity index (χ2n) is 6.35. The minimum atomic E-state index is -0.522. The lowest BCUT2D eigenvalue weighted by Gasteiger charge is -2.03. The number of carbonyl (C=O) groups excluding carboxylic acids is 1. The van der Waals surface area contributed by atoms with E-state index in [1.54, 1.807) is 55.7 Å². The van der Waals surface area contributed by atoms with Crippen LogP contribution in [0, 0.1) is 10.1 Å². The van der Waals surface area contributed by atoms with E-state index in [4.69, 9.17) is 25.5 Å². The zero-order chi connectivity index (χ0) is 21.3. The first-order chi connectivity index (χ1) is 14.4. The lowest BCUT2D eigenvalue weighted by Crippen LogP contribution is -1.97. The topological polar surface area (TPSA) is 91.8 Å². The number of cyclic esters (lactones) is 1. The van der Waals surface area contributed by atoms with Crippen LogP contribution in [-0.4, -0.2) is 18.0 Å². The van der Waals surface area contributed by atoms with Crippen LogP contribution >= 0.6 is 11.6 Å². The zero-order valence-electron chi connectivity index (χ0n) is 15.6. The average molecular weight is 424 g/mol. The van der Waals surface area contributed by atoms with Crippen molar-refractivity contribution in [2.75, 3.05) is 7.11 Å². The Morgan fingerprint density at radius 2 is 1.87 bits per heavy atom. The molecule has 0 atom stereocenters. The molecule has 2 heterocycles. The smallest absolute Gasteiger partial charge is 0.343 e. The fraction of sp³-hybridized carbons (Fsp3) is 0.0455. The molecular formula is C22H14ClNO6. The number of nitro groups is 1. The Morgan fingerprint density at radius 1 is 1.10 bits per heavy atom. The minimum Gasteiger partial charge on any atom is -0.497 e. The molecule has 30 heavy (non-hydrogen) atoms. The summed E-state index contributed by atoms with van der Waals surface area (Å²) in [6.45, 7) is 0. The van der Waals surface area contributed by atoms with Crippen molar-refractivity contribution in [2.45, 2.75) is 0 Å². The first kappa shape index (κ1) is 19.5. The fourth-order valence-corrected chi connectivity index (χ4v) is 3.20. The molecule has 1 aliphatic rings. The average Bonchev–Trinajstić information content (AvgIpc) is 3.35. The summed E-state index contributed by atoms with van der Waals surface area (Å²) < 4.78 is 16.2. The van der Waals surface area contributed by atoms with Gasteiger partial charge in [-0.1, -0.05) is 11.6 Å². The van der Waals surface area contributed by atoms with Gasteiger partial charge < -0.3 is 13.9 Å². The Labute approximate surface area is 175 Å². The van der Waals surface area contributed by atoms with E-state index in [1.165, 1.54) is 18.2 Å². The highest BCUT2D eigenvalue weighted by Gasteiger charge is 2.23. The van der Waals surface area contributed by atoms with Crippen LogP contribution in [0.4, 0.5) is 5.69 Å². The van der Waals surface area contributed by atoms with Crippen LogP contribution in [0.3, 0.4) is 0 Å². The number of hydrogen-bond acceptors (Lipinski definition) is 6. The number of benzene rings is 2. The Morgan fingerprint density at radius 3 is 2.53 bits per heavy atom. The van der Waals surface area contributed by atoms with Gasteiger partial charge in [0.15, 0.2) is 0 Å². The Kier molecular flexibility index (Phi) is 5.12. The molecule has 0 saturated heterocycles. The Bertz CT molecular complexity index is 1210. The predicted octanol–water partition coefficient (Wildman–Crippen LogP) is 5.50. The number of halogens is 1. The maximum atomic E-state index is 12.2. The van der Waals surface area contributed by atoms with E-state index < -0.39 is 10.9 Å². The summed E-state index contributed by atoms with van der Waals surface area (Å²) in [4.78, 5) is 22.6. The molecule has 0 bridgehead atoms. The van der Waals surface area contributed by atoms with Gasteiger partial charge in [0.05, 0.1) is 22.6 Å². The van der Waals surface area contributed by atoms with E-state index in [9.17, 15) is 14.9 Å². The third-order valence-corrected chi connectivity index (χ3v) is 4.77. The largest absolute Gasteiger partial charge is 0.497 e. The number of esters is 1. The molecule has 1 aromatic heterocycles. The van der Waals surface area contributed by atoms with Gasteiger partial charge in [0.1, 0.15) is 23.0 Å². The van der Waals surface area contributed by atoms with Crippen molar-refractivity contribution in [1.82, 2.24) is 0 Å². The van der Waals surface area contributed by atoms with E-state index in [0.29, 0.717) is 34.2 Å². The Hall–Kier alpha value is -3.84. The highest BCUT2D eigenvalue weighted by atomic mass is 35.5. The molecule has 0 aliphatic carbocycles. The monoisotopic (exact) mass is 423 g/mol. The number of ether oxygens (including phenoxy) is 2. The SMILES string of the molecule is COc1ccc(C2=CC(=Cc3ccc(-c4ccc([N+](=O)[O-])cc4Cl)o3)C(=O)O2)cc1. The maximum Gasteiger partial charge on any atom is 0.343 e. The van der Waals surface area contributed by atoms with Gasteiger partial charge in [0, 0.05) is 23.3 Å². The molecule has 0 N–H and O–H groups in total. The minimum absolute atomic E-state index is 0.109. The summed E-state index contributed by atoms with van der Waals surface area (Å²) in [5.74, 6) is 1.48. The number of methoxy groups -OCH3 is 1. The number of furan rings is 1. The number of rotatable bonds is 5. The van der Waals surface area contributed by atoms with Crippen molar-refractivity contribution in [3.05, 3.63) is 92.7 Å². The van der Waals surface area contributed by atoms with Crippen molar-refractivity contribution in [1.29, 1.82) is 0 Å². The molecule has 0 radical (unpaired) electrons. The van der Waals surface area contributed by atoms with E-state index in [2.05, 4.69) is 0 Å². The normalized spacial score (nSPS) is 14.5. The lowest BCUT2D eigenvalue weighted by atomic mass is 10.1. The van der Waals surface area contributed by atoms with Gasteiger partial charge in [-0.25, -0.2) is 4.79 Å². The molecule has 1 aliphatic heterocycles. The maximum absolute atomic E-state index is 12.2. The molecule has 0 fully saturated rings. The van der Waals surface area contributed by atoms with Crippen LogP contribution in [0.1, 0.15) is 11.3 Å². The number of carbonyl (C=O) groups is 1. The van der Waals surface area contributed by atoms with Crippen molar-refractivity contribution < 1.29 is 23.6 Å². The van der Waals surface area contributed by atoms with Gasteiger partial charge in [-0.3, -0.25) is 10.1 Å². The second-order valence-corrected chi connectivity index (χ2v) is 6.76. The molecule has 8 heteroatoms. The van der Waals surface area contributed by atoms with Gasteiger partial charge in [-0.2, -0.15) is 0 Å². The quantitative estimate of drug-likeness (QED) is 0.233. The molecular weight excluding hydrogens is 410 g/mol. The third kappa shape index (κ3) is 3.83. The first-order valence-electron chi connectivity index (χ1n) is 8.79. The summed E-state index contributed by atoms with van der Waals surface area (Å²) in [6.07, 6.45) is 3.19. The number of nitro benzene ring substituents is 1. The highest BCUT2D eigenvalue weighted by molar-refractivity contribution is 6.33. The highest BCUT2D eigenvalue weighted by Crippen LogP contribution is 2.34. The van der Waals surface area contributed by atoms with Crippen LogP contribution in [0.2, 0.25) is 5.02 Å². The lowest BCUT2D eigenvalue weighted by molar-refractivity contribution is -0.384. The second kappa shape index (κ2) is 7.88. The zero-order valence-corrected chi connectivity index (χ0v) is 16.4. The summed E-state index contributed by atoms with van der Waals surface area (Å²) >= 11 is 6.15. The summed E-state index contributed by atoms with van der Waals surface area (Å²) in [6, 6.07) is 14.6. The summed E-state index contributed by atoms with van der Waals surface area (Å²) in [7, 11) is 1.58. The number of non-ortho nitro benzene ring substituents is 1. The van der Waals surface area contributed by atoms with Gasteiger partial charge in [0.2, 0.25) is 0 Å². The van der Waals surface area contributed by atoms with Crippen LogP contribution in [0.25, 0.3) is 23.2 Å². The van der Waals surface area contributed by atoms with Crippen molar-refractivity contribution >= 4 is 35.1 Å². The van der Waals surface area contributed by atoms with Crippen LogP contribution in [0.5, 0.6) is 5.75 Å². The van der Waals surface area contributed by atoms with Crippen molar-refractivity contribution in [2.24, 2.45) is 0 Å². The molecule has 0 amide bonds. The molecule has 0 spiro atoms. The molecule has 0 saturated carbocycles. The fourth-order valence-electron chi connectivity index (χ4n) is 2.93. The van der Waals surface area contributed by atoms with Crippen LogP contribution in [-0.2, 0) is 9.53 Å². The van der Waals surface area contributed by atoms with Gasteiger partial charge in [-0.15, -0.1) is 0 Å². The van der Waals surface area contributed by atoms with E-state index in [0.717, 1.165) is 5.56 Å². The number of nitrogens with zero attached hydrogens (tertiary/aromatic N) is 1. The van der Waals surface area contributed by atoms with E-state index >= 15 is 0 Å². The summed E-state index contributed by atoms with van der Waals surface area (Å²) in [5, 5.41) is 11.0. The van der Waals surface area contributed by atoms with E-state index in [1.807, 2.05) is 0 Å². The summed E-state index contributed by atoms with van der Waals surface area (Å²) in [5.41, 5.74) is 1.47.